The van der Waals surface area contributed by atoms with Crippen LogP contribution < -0.4 is 0 Å². The topological polar surface area (TPSA) is 22.3 Å². The molecule has 2 aromatic rings. The minimum atomic E-state index is 0. The Labute approximate surface area is 152 Å². The average molecular weight is 358 g/mol. The van der Waals surface area contributed by atoms with E-state index < -0.39 is 0 Å². The Balaban J connectivity index is 0.00000132. The number of hydrogen-bond donors (Lipinski definition) is 1. The number of nitrogens with one attached hydrogen (secondary N) is 1. The fraction of sp³-hybridized carbons (Fsp3) is 0.556. The molecule has 1 aromatic heterocycles. The first-order chi connectivity index (χ1) is 10.1. The number of H-pyrrole nitrogens is 1. The minimum Gasteiger partial charge on any atom is -0.361 e. The summed E-state index contributed by atoms with van der Waals surface area (Å²) in [6.07, 6.45) is 5.88. The van der Waals surface area contributed by atoms with Crippen LogP contribution in [0, 0.1) is 0 Å². The number of aromatic amines is 1. The second-order valence-electron chi connectivity index (χ2n) is 6.75. The molecule has 1 saturated heterocycles. The molecule has 0 spiro atoms. The van der Waals surface area contributed by atoms with E-state index in [4.69, 9.17) is 0 Å². The van der Waals surface area contributed by atoms with Gasteiger partial charge >= 0.3 is 0 Å². The third-order valence-corrected chi connectivity index (χ3v) is 4.81. The fourth-order valence-corrected chi connectivity index (χ4v) is 3.34. The SMILES string of the molecule is CN(C)CCc1c[nH]c2ccc(C3CCN(C)CC3)cc12.Cl.Cl. The number of fused-ring (bicyclic) bond motifs is 1. The largest absolute Gasteiger partial charge is 0.361 e. The van der Waals surface area contributed by atoms with Crippen molar-refractivity contribution < 1.29 is 0 Å². The lowest BCUT2D eigenvalue weighted by molar-refractivity contribution is 0.255. The van der Waals surface area contributed by atoms with Gasteiger partial charge < -0.3 is 14.8 Å². The molecule has 0 bridgehead atoms. The van der Waals surface area contributed by atoms with Gasteiger partial charge in [0, 0.05) is 23.6 Å². The molecule has 2 heterocycles. The van der Waals surface area contributed by atoms with Crippen LogP contribution in [-0.2, 0) is 6.42 Å². The molecule has 1 aromatic carbocycles. The lowest BCUT2D eigenvalue weighted by Crippen LogP contribution is -2.29. The number of aromatic nitrogens is 1. The summed E-state index contributed by atoms with van der Waals surface area (Å²) in [4.78, 5) is 8.11. The van der Waals surface area contributed by atoms with E-state index in [1.54, 1.807) is 0 Å². The molecule has 3 nitrogen and oxygen atoms in total. The van der Waals surface area contributed by atoms with Crippen LogP contribution in [0.15, 0.2) is 24.4 Å². The number of benzene rings is 1. The Hall–Kier alpha value is -0.740. The maximum atomic E-state index is 3.42. The van der Waals surface area contributed by atoms with Crippen molar-refractivity contribution in [1.82, 2.24) is 14.8 Å². The van der Waals surface area contributed by atoms with E-state index in [0.717, 1.165) is 18.9 Å². The number of likely N-dealkylation sites (N-methyl/N-ethyl adjacent to an activating group) is 1. The van der Waals surface area contributed by atoms with Crippen molar-refractivity contribution in [3.63, 3.8) is 0 Å². The molecular weight excluding hydrogens is 329 g/mol. The molecule has 0 atom stereocenters. The van der Waals surface area contributed by atoms with Crippen LogP contribution in [-0.4, -0.2) is 55.6 Å². The molecular formula is C18H29Cl2N3. The predicted molar refractivity (Wildman–Crippen MR) is 105 cm³/mol. The first-order valence-electron chi connectivity index (χ1n) is 8.06. The zero-order valence-electron chi connectivity index (χ0n) is 14.3. The van der Waals surface area contributed by atoms with E-state index in [0.29, 0.717) is 0 Å². The first-order valence-corrected chi connectivity index (χ1v) is 8.06. The number of rotatable bonds is 4. The van der Waals surface area contributed by atoms with Crippen molar-refractivity contribution in [1.29, 1.82) is 0 Å². The van der Waals surface area contributed by atoms with Gasteiger partial charge in [0.05, 0.1) is 0 Å². The zero-order chi connectivity index (χ0) is 14.8. The molecule has 0 saturated carbocycles. The van der Waals surface area contributed by atoms with E-state index in [1.165, 1.54) is 48.0 Å². The molecule has 0 amide bonds. The van der Waals surface area contributed by atoms with Gasteiger partial charge in [-0.15, -0.1) is 24.8 Å². The van der Waals surface area contributed by atoms with Crippen molar-refractivity contribution in [2.24, 2.45) is 0 Å². The Bertz CT molecular complexity index is 601. The number of halogens is 2. The third-order valence-electron chi connectivity index (χ3n) is 4.81. The minimum absolute atomic E-state index is 0. The Morgan fingerprint density at radius 1 is 1.17 bits per heavy atom. The summed E-state index contributed by atoms with van der Waals surface area (Å²) >= 11 is 0. The zero-order valence-corrected chi connectivity index (χ0v) is 16.0. The third kappa shape index (κ3) is 4.87. The highest BCUT2D eigenvalue weighted by atomic mass is 35.5. The summed E-state index contributed by atoms with van der Waals surface area (Å²) in [7, 11) is 6.50. The number of likely N-dealkylation sites (tertiary alicyclic amines) is 1. The molecule has 1 fully saturated rings. The Morgan fingerprint density at radius 2 is 1.87 bits per heavy atom. The molecule has 0 radical (unpaired) electrons. The molecule has 1 aliphatic rings. The molecule has 130 valence electrons. The lowest BCUT2D eigenvalue weighted by atomic mass is 9.88. The highest BCUT2D eigenvalue weighted by Crippen LogP contribution is 2.30. The summed E-state index contributed by atoms with van der Waals surface area (Å²) in [6, 6.07) is 7.03. The van der Waals surface area contributed by atoms with Crippen LogP contribution in [0.5, 0.6) is 0 Å². The van der Waals surface area contributed by atoms with Crippen LogP contribution in [0.4, 0.5) is 0 Å². The Morgan fingerprint density at radius 3 is 2.52 bits per heavy atom. The van der Waals surface area contributed by atoms with Gasteiger partial charge in [0.15, 0.2) is 0 Å². The highest BCUT2D eigenvalue weighted by Gasteiger charge is 2.19. The quantitative estimate of drug-likeness (QED) is 0.895. The van der Waals surface area contributed by atoms with Gasteiger partial charge in [-0.25, -0.2) is 0 Å². The fourth-order valence-electron chi connectivity index (χ4n) is 3.34. The standard InChI is InChI=1S/C18H27N3.2ClH/c1-20(2)9-6-16-13-19-18-5-4-15(12-17(16)18)14-7-10-21(3)11-8-14;;/h4-5,12-14,19H,6-11H2,1-3H3;2*1H. The van der Waals surface area contributed by atoms with E-state index in [2.05, 4.69) is 60.3 Å². The molecule has 0 aliphatic carbocycles. The van der Waals surface area contributed by atoms with Crippen molar-refractivity contribution >= 4 is 35.7 Å². The second-order valence-corrected chi connectivity index (χ2v) is 6.75. The number of nitrogens with zero attached hydrogens (tertiary/aromatic N) is 2. The predicted octanol–water partition coefficient (Wildman–Crippen LogP) is 3.92. The van der Waals surface area contributed by atoms with Gasteiger partial charge in [-0.2, -0.15) is 0 Å². The smallest absolute Gasteiger partial charge is 0.0456 e. The van der Waals surface area contributed by atoms with E-state index in [-0.39, 0.29) is 24.8 Å². The van der Waals surface area contributed by atoms with Gasteiger partial charge in [-0.3, -0.25) is 0 Å². The molecule has 1 N–H and O–H groups in total. The second kappa shape index (κ2) is 8.93. The van der Waals surface area contributed by atoms with Crippen molar-refractivity contribution in [3.05, 3.63) is 35.5 Å². The monoisotopic (exact) mass is 357 g/mol. The molecule has 23 heavy (non-hydrogen) atoms. The van der Waals surface area contributed by atoms with Crippen LogP contribution in [0.2, 0.25) is 0 Å². The van der Waals surface area contributed by atoms with E-state index in [9.17, 15) is 0 Å². The van der Waals surface area contributed by atoms with Crippen LogP contribution >= 0.6 is 24.8 Å². The van der Waals surface area contributed by atoms with Gasteiger partial charge in [0.1, 0.15) is 0 Å². The van der Waals surface area contributed by atoms with E-state index in [1.807, 2.05) is 0 Å². The van der Waals surface area contributed by atoms with E-state index >= 15 is 0 Å². The van der Waals surface area contributed by atoms with Crippen molar-refractivity contribution in [3.8, 4) is 0 Å². The molecule has 1 aliphatic heterocycles. The molecule has 0 unspecified atom stereocenters. The maximum Gasteiger partial charge on any atom is 0.0456 e. The average Bonchev–Trinajstić information content (AvgIpc) is 2.88. The summed E-state index contributed by atoms with van der Waals surface area (Å²) in [6.45, 7) is 3.55. The summed E-state index contributed by atoms with van der Waals surface area (Å²) in [5.41, 5.74) is 4.26. The van der Waals surface area contributed by atoms with Gasteiger partial charge in [0.25, 0.3) is 0 Å². The summed E-state index contributed by atoms with van der Waals surface area (Å²) in [5, 5.41) is 1.42. The summed E-state index contributed by atoms with van der Waals surface area (Å²) < 4.78 is 0. The van der Waals surface area contributed by atoms with Crippen LogP contribution in [0.3, 0.4) is 0 Å². The van der Waals surface area contributed by atoms with Crippen molar-refractivity contribution in [2.75, 3.05) is 40.8 Å². The number of hydrogen-bond acceptors (Lipinski definition) is 2. The highest BCUT2D eigenvalue weighted by molar-refractivity contribution is 5.85. The number of piperidine rings is 1. The van der Waals surface area contributed by atoms with Crippen LogP contribution in [0.25, 0.3) is 10.9 Å². The maximum absolute atomic E-state index is 3.42. The van der Waals surface area contributed by atoms with Gasteiger partial charge in [-0.1, -0.05) is 6.07 Å². The molecule has 3 rings (SSSR count). The van der Waals surface area contributed by atoms with Gasteiger partial charge in [-0.05, 0) is 82.7 Å². The first kappa shape index (κ1) is 20.3. The van der Waals surface area contributed by atoms with Gasteiger partial charge in [0.2, 0.25) is 0 Å². The van der Waals surface area contributed by atoms with Crippen molar-refractivity contribution in [2.45, 2.75) is 25.2 Å². The normalized spacial score (nSPS) is 16.3. The lowest BCUT2D eigenvalue weighted by Gasteiger charge is -2.29. The summed E-state index contributed by atoms with van der Waals surface area (Å²) in [5.74, 6) is 0.738. The Kier molecular flexibility index (Phi) is 7.88. The molecule has 5 heteroatoms. The van der Waals surface area contributed by atoms with Crippen LogP contribution in [0.1, 0.15) is 29.9 Å².